The Kier molecular flexibility index (Phi) is 7.37. The van der Waals surface area contributed by atoms with Gasteiger partial charge in [-0.1, -0.05) is 30.3 Å². The van der Waals surface area contributed by atoms with E-state index in [1.807, 2.05) is 30.3 Å². The van der Waals surface area contributed by atoms with Crippen LogP contribution in [0.2, 0.25) is 0 Å². The summed E-state index contributed by atoms with van der Waals surface area (Å²) in [5, 5.41) is 5.37. The molecule has 0 unspecified atom stereocenters. The molecule has 1 amide bonds. The van der Waals surface area contributed by atoms with Gasteiger partial charge in [0, 0.05) is 47.8 Å². The van der Waals surface area contributed by atoms with Gasteiger partial charge in [0.2, 0.25) is 5.95 Å². The number of hydrogen-bond acceptors (Lipinski definition) is 9. The summed E-state index contributed by atoms with van der Waals surface area (Å²) < 4.78 is 22.9. The number of thiazole rings is 1. The molecule has 0 saturated heterocycles. The van der Waals surface area contributed by atoms with E-state index >= 15 is 0 Å². The number of fused-ring (bicyclic) bond motifs is 3. The average Bonchev–Trinajstić information content (AvgIpc) is 3.54. The van der Waals surface area contributed by atoms with E-state index in [4.69, 9.17) is 4.98 Å². The zero-order chi connectivity index (χ0) is 28.6. The first-order chi connectivity index (χ1) is 19.7. The molecule has 0 atom stereocenters. The minimum atomic E-state index is -2.97. The van der Waals surface area contributed by atoms with Crippen molar-refractivity contribution in [3.63, 3.8) is 0 Å². The summed E-state index contributed by atoms with van der Waals surface area (Å²) in [5.41, 5.74) is 2.86. The van der Waals surface area contributed by atoms with Gasteiger partial charge < -0.3 is 4.98 Å². The fourth-order valence-corrected chi connectivity index (χ4v) is 6.86. The van der Waals surface area contributed by atoms with Crippen molar-refractivity contribution in [3.05, 3.63) is 81.6 Å². The number of para-hydroxylation sites is 1. The Bertz CT molecular complexity index is 1900. The van der Waals surface area contributed by atoms with Crippen molar-refractivity contribution in [1.29, 1.82) is 0 Å². The van der Waals surface area contributed by atoms with Crippen LogP contribution in [0.25, 0.3) is 21.8 Å². The molecule has 0 fully saturated rings. The average molecular weight is 589 g/mol. The molecule has 0 bridgehead atoms. The number of pyridine rings is 1. The number of anilines is 1. The normalized spacial score (nSPS) is 13.9. The number of nitrogens with one attached hydrogen (secondary N) is 2. The van der Waals surface area contributed by atoms with Gasteiger partial charge in [-0.3, -0.25) is 24.8 Å². The van der Waals surface area contributed by atoms with Gasteiger partial charge in [-0.25, -0.2) is 18.4 Å². The molecule has 0 radical (unpaired) electrons. The highest BCUT2D eigenvalue weighted by Crippen LogP contribution is 2.27. The molecular formula is C29H28N6O4S2. The Morgan fingerprint density at radius 1 is 1.10 bits per heavy atom. The van der Waals surface area contributed by atoms with Crippen molar-refractivity contribution < 1.29 is 18.0 Å². The molecule has 0 aliphatic carbocycles. The minimum absolute atomic E-state index is 0.104. The van der Waals surface area contributed by atoms with Gasteiger partial charge in [0.1, 0.15) is 26.1 Å². The zero-order valence-electron chi connectivity index (χ0n) is 22.4. The van der Waals surface area contributed by atoms with Crippen molar-refractivity contribution in [2.45, 2.75) is 25.8 Å². The molecule has 1 aliphatic heterocycles. The SMILES string of the molecule is CS(=O)(=O)CCCN1CCc2nc(CC(=O)c3cccc4[nH]c(NC(=O)c5cc6ccccc6cn5)nc34)sc2C1. The van der Waals surface area contributed by atoms with Gasteiger partial charge in [0.25, 0.3) is 5.91 Å². The number of rotatable bonds is 9. The molecule has 6 rings (SSSR count). The lowest BCUT2D eigenvalue weighted by Gasteiger charge is -2.25. The highest BCUT2D eigenvalue weighted by atomic mass is 32.2. The number of sulfone groups is 1. The fourth-order valence-electron chi connectivity index (χ4n) is 5.05. The summed E-state index contributed by atoms with van der Waals surface area (Å²) >= 11 is 1.53. The van der Waals surface area contributed by atoms with Crippen LogP contribution in [0.15, 0.2) is 54.7 Å². The van der Waals surface area contributed by atoms with E-state index in [1.54, 1.807) is 24.4 Å². The molecule has 5 aromatic rings. The third-order valence-corrected chi connectivity index (χ3v) is 9.18. The van der Waals surface area contributed by atoms with Gasteiger partial charge in [-0.2, -0.15) is 0 Å². The Hall–Kier alpha value is -4.00. The van der Waals surface area contributed by atoms with E-state index in [-0.39, 0.29) is 29.6 Å². The molecule has 41 heavy (non-hydrogen) atoms. The lowest BCUT2D eigenvalue weighted by atomic mass is 10.1. The first-order valence-corrected chi connectivity index (χ1v) is 16.2. The zero-order valence-corrected chi connectivity index (χ0v) is 24.0. The number of ketones is 1. The van der Waals surface area contributed by atoms with Gasteiger partial charge >= 0.3 is 0 Å². The molecule has 1 aliphatic rings. The van der Waals surface area contributed by atoms with Gasteiger partial charge in [-0.15, -0.1) is 11.3 Å². The Morgan fingerprint density at radius 2 is 1.93 bits per heavy atom. The Balaban J connectivity index is 1.14. The second-order valence-electron chi connectivity index (χ2n) is 10.2. The molecule has 3 aromatic heterocycles. The quantitative estimate of drug-likeness (QED) is 0.246. The van der Waals surface area contributed by atoms with Crippen LogP contribution in [-0.2, 0) is 29.2 Å². The van der Waals surface area contributed by atoms with Gasteiger partial charge in [-0.05, 0) is 36.6 Å². The molecule has 210 valence electrons. The number of hydrogen-bond donors (Lipinski definition) is 2. The van der Waals surface area contributed by atoms with Crippen LogP contribution >= 0.6 is 11.3 Å². The first kappa shape index (κ1) is 27.2. The van der Waals surface area contributed by atoms with Crippen LogP contribution in [0.5, 0.6) is 0 Å². The summed E-state index contributed by atoms with van der Waals surface area (Å²) in [6.07, 6.45) is 4.46. The van der Waals surface area contributed by atoms with Crippen LogP contribution in [0.4, 0.5) is 5.95 Å². The number of aromatic nitrogens is 4. The van der Waals surface area contributed by atoms with E-state index in [2.05, 4.69) is 25.2 Å². The third kappa shape index (κ3) is 6.19. The second kappa shape index (κ2) is 11.1. The van der Waals surface area contributed by atoms with Crippen LogP contribution in [0, 0.1) is 0 Å². The molecule has 0 saturated carbocycles. The molecule has 12 heteroatoms. The van der Waals surface area contributed by atoms with Crippen LogP contribution < -0.4 is 5.32 Å². The van der Waals surface area contributed by atoms with Crippen molar-refractivity contribution >= 4 is 60.6 Å². The Labute approximate surface area is 240 Å². The van der Waals surface area contributed by atoms with Gasteiger partial charge in [0.05, 0.1) is 23.4 Å². The second-order valence-corrected chi connectivity index (χ2v) is 13.7. The number of carbonyl (C=O) groups excluding carboxylic acids is 2. The largest absolute Gasteiger partial charge is 0.324 e. The van der Waals surface area contributed by atoms with Crippen LogP contribution in [0.1, 0.15) is 42.8 Å². The number of aromatic amines is 1. The molecule has 10 nitrogen and oxygen atoms in total. The first-order valence-electron chi connectivity index (χ1n) is 13.3. The summed E-state index contributed by atoms with van der Waals surface area (Å²) in [6.45, 7) is 2.26. The third-order valence-electron chi connectivity index (χ3n) is 7.06. The number of amides is 1. The predicted octanol–water partition coefficient (Wildman–Crippen LogP) is 4.04. The number of benzene rings is 2. The number of nitrogens with zero attached hydrogens (tertiary/aromatic N) is 4. The highest BCUT2D eigenvalue weighted by Gasteiger charge is 2.23. The maximum absolute atomic E-state index is 13.4. The highest BCUT2D eigenvalue weighted by molar-refractivity contribution is 7.90. The summed E-state index contributed by atoms with van der Waals surface area (Å²) in [6, 6.07) is 14.7. The smallest absolute Gasteiger partial charge is 0.276 e. The topological polar surface area (TPSA) is 138 Å². The number of Topliss-reactive ketones (excluding diaryl/α,β-unsaturated/α-hetero) is 1. The fraction of sp³-hybridized carbons (Fsp3) is 0.276. The van der Waals surface area contributed by atoms with E-state index in [9.17, 15) is 18.0 Å². The van der Waals surface area contributed by atoms with E-state index in [0.29, 0.717) is 23.0 Å². The minimum Gasteiger partial charge on any atom is -0.324 e. The maximum atomic E-state index is 13.4. The number of H-pyrrole nitrogens is 1. The van der Waals surface area contributed by atoms with E-state index < -0.39 is 15.7 Å². The van der Waals surface area contributed by atoms with Crippen LogP contribution in [0.3, 0.4) is 0 Å². The lowest BCUT2D eigenvalue weighted by Crippen LogP contribution is -2.31. The summed E-state index contributed by atoms with van der Waals surface area (Å²) in [5.74, 6) is -0.0851. The maximum Gasteiger partial charge on any atom is 0.276 e. The molecule has 4 heterocycles. The van der Waals surface area contributed by atoms with Crippen molar-refractivity contribution in [2.24, 2.45) is 0 Å². The number of imidazole rings is 1. The van der Waals surface area contributed by atoms with Crippen LogP contribution in [-0.4, -0.2) is 70.0 Å². The van der Waals surface area contributed by atoms with E-state index in [1.165, 1.54) is 17.6 Å². The molecule has 2 N–H and O–H groups in total. The van der Waals surface area contributed by atoms with Crippen molar-refractivity contribution in [3.8, 4) is 0 Å². The molecule has 0 spiro atoms. The molecule has 2 aromatic carbocycles. The van der Waals surface area contributed by atoms with E-state index in [0.717, 1.165) is 52.4 Å². The summed E-state index contributed by atoms with van der Waals surface area (Å²) in [4.78, 5) is 46.2. The summed E-state index contributed by atoms with van der Waals surface area (Å²) in [7, 11) is -2.97. The predicted molar refractivity (Wildman–Crippen MR) is 159 cm³/mol. The van der Waals surface area contributed by atoms with Gasteiger partial charge in [0.15, 0.2) is 5.78 Å². The standard InChI is InChI=1S/C29H28N6O4S2/c1-41(38,39)13-5-11-35-12-10-21-25(17-35)40-26(31-21)15-24(36)20-8-4-9-22-27(20)33-29(32-22)34-28(37)23-14-18-6-2-3-7-19(18)16-30-23/h2-4,6-9,14,16H,5,10-13,15,17H2,1H3,(H2,32,33,34,37). The monoisotopic (exact) mass is 588 g/mol. The molecular weight excluding hydrogens is 560 g/mol. The van der Waals surface area contributed by atoms with Crippen molar-refractivity contribution in [1.82, 2.24) is 24.8 Å². The lowest BCUT2D eigenvalue weighted by molar-refractivity contribution is 0.0992. The van der Waals surface area contributed by atoms with Crippen molar-refractivity contribution in [2.75, 3.05) is 30.4 Å². The Morgan fingerprint density at radius 3 is 2.76 bits per heavy atom. The number of carbonyl (C=O) groups is 2.